The highest BCUT2D eigenvalue weighted by Gasteiger charge is 2.33. The van der Waals surface area contributed by atoms with E-state index in [9.17, 15) is 14.4 Å². The molecule has 0 spiro atoms. The number of ether oxygens (including phenoxy) is 1. The zero-order chi connectivity index (χ0) is 14.7. The molecule has 2 aliphatic heterocycles. The number of amides is 3. The third-order valence-corrected chi connectivity index (χ3v) is 3.78. The van der Waals surface area contributed by atoms with Crippen molar-refractivity contribution in [1.82, 2.24) is 9.80 Å². The highest BCUT2D eigenvalue weighted by Crippen LogP contribution is 2.18. The molecule has 3 amide bonds. The van der Waals surface area contributed by atoms with Gasteiger partial charge >= 0.3 is 12.0 Å². The van der Waals surface area contributed by atoms with Crippen LogP contribution in [-0.4, -0.2) is 71.7 Å². The monoisotopic (exact) mass is 285 g/mol. The van der Waals surface area contributed by atoms with Gasteiger partial charge in [-0.1, -0.05) is 0 Å². The standard InChI is InChI=1S/C12H19N3O5/c13-10(16)8-1-3-14(4-2-8)12(19)15-5-6-20-9(7-15)11(17)18/h8-9H,1-7H2,(H2,13,16)(H,17,18). The molecule has 20 heavy (non-hydrogen) atoms. The Morgan fingerprint density at radius 3 is 2.30 bits per heavy atom. The lowest BCUT2D eigenvalue weighted by Gasteiger charge is -2.37. The Morgan fingerprint density at radius 1 is 1.10 bits per heavy atom. The number of carboxylic acid groups (broad SMARTS) is 1. The number of urea groups is 1. The molecule has 0 aromatic rings. The predicted octanol–water partition coefficient (Wildman–Crippen LogP) is -0.911. The first-order valence-electron chi connectivity index (χ1n) is 6.66. The summed E-state index contributed by atoms with van der Waals surface area (Å²) in [6.07, 6.45) is 0.164. The second kappa shape index (κ2) is 6.08. The molecule has 0 bridgehead atoms. The fraction of sp³-hybridized carbons (Fsp3) is 0.750. The fourth-order valence-corrected chi connectivity index (χ4v) is 2.53. The second-order valence-corrected chi connectivity index (χ2v) is 5.09. The van der Waals surface area contributed by atoms with Crippen molar-refractivity contribution in [2.75, 3.05) is 32.8 Å². The molecule has 3 N–H and O–H groups in total. The average Bonchev–Trinajstić information content (AvgIpc) is 2.46. The summed E-state index contributed by atoms with van der Waals surface area (Å²) in [7, 11) is 0. The molecule has 2 rings (SSSR count). The molecule has 0 saturated carbocycles. The maximum absolute atomic E-state index is 12.3. The normalized spacial score (nSPS) is 24.5. The summed E-state index contributed by atoms with van der Waals surface area (Å²) in [6, 6.07) is -0.192. The van der Waals surface area contributed by atoms with E-state index < -0.39 is 12.1 Å². The molecule has 112 valence electrons. The van der Waals surface area contributed by atoms with Crippen LogP contribution in [0.25, 0.3) is 0 Å². The molecule has 1 atom stereocenters. The highest BCUT2D eigenvalue weighted by atomic mass is 16.5. The van der Waals surface area contributed by atoms with Crippen LogP contribution in [-0.2, 0) is 14.3 Å². The molecule has 8 nitrogen and oxygen atoms in total. The number of primary amides is 1. The van der Waals surface area contributed by atoms with Crippen molar-refractivity contribution in [2.24, 2.45) is 11.7 Å². The van der Waals surface area contributed by atoms with Crippen LogP contribution in [0.3, 0.4) is 0 Å². The van der Waals surface area contributed by atoms with Crippen molar-refractivity contribution in [3.63, 3.8) is 0 Å². The number of likely N-dealkylation sites (tertiary alicyclic amines) is 1. The summed E-state index contributed by atoms with van der Waals surface area (Å²) >= 11 is 0. The van der Waals surface area contributed by atoms with Gasteiger partial charge in [0.1, 0.15) is 0 Å². The van der Waals surface area contributed by atoms with E-state index in [1.165, 1.54) is 4.90 Å². The van der Waals surface area contributed by atoms with Crippen molar-refractivity contribution < 1.29 is 24.2 Å². The molecule has 2 aliphatic rings. The average molecular weight is 285 g/mol. The van der Waals surface area contributed by atoms with Gasteiger partial charge in [0.05, 0.1) is 13.2 Å². The van der Waals surface area contributed by atoms with Crippen LogP contribution in [0.4, 0.5) is 4.79 Å². The van der Waals surface area contributed by atoms with E-state index in [1.54, 1.807) is 4.90 Å². The highest BCUT2D eigenvalue weighted by molar-refractivity contribution is 5.79. The minimum absolute atomic E-state index is 0.0594. The lowest BCUT2D eigenvalue weighted by Crippen LogP contribution is -2.54. The van der Waals surface area contributed by atoms with E-state index in [4.69, 9.17) is 15.6 Å². The number of nitrogens with zero attached hydrogens (tertiary/aromatic N) is 2. The first-order valence-corrected chi connectivity index (χ1v) is 6.66. The van der Waals surface area contributed by atoms with E-state index >= 15 is 0 Å². The summed E-state index contributed by atoms with van der Waals surface area (Å²) < 4.78 is 5.08. The number of carbonyl (C=O) groups is 3. The molecule has 0 aromatic carbocycles. The van der Waals surface area contributed by atoms with Gasteiger partial charge in [-0.2, -0.15) is 0 Å². The molecule has 8 heteroatoms. The molecule has 0 aromatic heterocycles. The Labute approximate surface area is 116 Å². The van der Waals surface area contributed by atoms with Crippen molar-refractivity contribution in [2.45, 2.75) is 18.9 Å². The molecule has 2 fully saturated rings. The number of carboxylic acids is 1. The smallest absolute Gasteiger partial charge is 0.334 e. The predicted molar refractivity (Wildman–Crippen MR) is 67.8 cm³/mol. The van der Waals surface area contributed by atoms with Gasteiger partial charge < -0.3 is 25.4 Å². The number of aliphatic carboxylic acids is 1. The van der Waals surface area contributed by atoms with Crippen molar-refractivity contribution >= 4 is 17.9 Å². The summed E-state index contributed by atoms with van der Waals surface area (Å²) in [5.41, 5.74) is 5.25. The van der Waals surface area contributed by atoms with Gasteiger partial charge in [-0.3, -0.25) is 4.79 Å². The van der Waals surface area contributed by atoms with Gasteiger partial charge in [-0.25, -0.2) is 9.59 Å². The molecule has 0 radical (unpaired) electrons. The summed E-state index contributed by atoms with van der Waals surface area (Å²) in [5.74, 6) is -1.56. The largest absolute Gasteiger partial charge is 0.479 e. The minimum atomic E-state index is -1.06. The Balaban J connectivity index is 1.88. The number of nitrogens with two attached hydrogens (primary N) is 1. The Morgan fingerprint density at radius 2 is 1.75 bits per heavy atom. The van der Waals surface area contributed by atoms with Crippen LogP contribution in [0.2, 0.25) is 0 Å². The van der Waals surface area contributed by atoms with E-state index in [2.05, 4.69) is 0 Å². The molecule has 2 heterocycles. The summed E-state index contributed by atoms with van der Waals surface area (Å²) in [6.45, 7) is 1.62. The Hall–Kier alpha value is -1.83. The quantitative estimate of drug-likeness (QED) is 0.682. The second-order valence-electron chi connectivity index (χ2n) is 5.09. The van der Waals surface area contributed by atoms with Crippen molar-refractivity contribution in [3.05, 3.63) is 0 Å². The zero-order valence-electron chi connectivity index (χ0n) is 11.2. The topological polar surface area (TPSA) is 113 Å². The first-order chi connectivity index (χ1) is 9.49. The van der Waals surface area contributed by atoms with Gasteiger partial charge in [0, 0.05) is 25.6 Å². The summed E-state index contributed by atoms with van der Waals surface area (Å²) in [4.78, 5) is 37.4. The van der Waals surface area contributed by atoms with Crippen LogP contribution in [0.1, 0.15) is 12.8 Å². The molecule has 2 saturated heterocycles. The lowest BCUT2D eigenvalue weighted by molar-refractivity contribution is -0.154. The van der Waals surface area contributed by atoms with E-state index in [0.29, 0.717) is 32.5 Å². The number of hydrogen-bond acceptors (Lipinski definition) is 4. The van der Waals surface area contributed by atoms with Gasteiger partial charge in [0.15, 0.2) is 6.10 Å². The zero-order valence-corrected chi connectivity index (χ0v) is 11.2. The number of rotatable bonds is 2. The van der Waals surface area contributed by atoms with Crippen molar-refractivity contribution in [1.29, 1.82) is 0 Å². The van der Waals surface area contributed by atoms with E-state index in [1.807, 2.05) is 0 Å². The maximum Gasteiger partial charge on any atom is 0.334 e. The van der Waals surface area contributed by atoms with Crippen LogP contribution in [0.15, 0.2) is 0 Å². The number of hydrogen-bond donors (Lipinski definition) is 2. The minimum Gasteiger partial charge on any atom is -0.479 e. The van der Waals surface area contributed by atoms with Crippen LogP contribution >= 0.6 is 0 Å². The maximum atomic E-state index is 12.3. The first kappa shape index (κ1) is 14.6. The van der Waals surface area contributed by atoms with Gasteiger partial charge in [0.25, 0.3) is 0 Å². The third-order valence-electron chi connectivity index (χ3n) is 3.78. The third kappa shape index (κ3) is 3.19. The Kier molecular flexibility index (Phi) is 4.43. The molecule has 1 unspecified atom stereocenters. The number of morpholine rings is 1. The number of carbonyl (C=O) groups excluding carboxylic acids is 2. The SMILES string of the molecule is NC(=O)C1CCN(C(=O)N2CCOC(C(=O)O)C2)CC1. The summed E-state index contributed by atoms with van der Waals surface area (Å²) in [5, 5.41) is 8.92. The number of piperidine rings is 1. The van der Waals surface area contributed by atoms with Crippen LogP contribution in [0.5, 0.6) is 0 Å². The fourth-order valence-electron chi connectivity index (χ4n) is 2.53. The van der Waals surface area contributed by atoms with Gasteiger partial charge in [-0.15, -0.1) is 0 Å². The molecular weight excluding hydrogens is 266 g/mol. The van der Waals surface area contributed by atoms with Crippen LogP contribution < -0.4 is 5.73 Å². The van der Waals surface area contributed by atoms with Gasteiger partial charge in [-0.05, 0) is 12.8 Å². The molecular formula is C12H19N3O5. The molecule has 0 aliphatic carbocycles. The lowest BCUT2D eigenvalue weighted by atomic mass is 9.96. The van der Waals surface area contributed by atoms with Gasteiger partial charge in [0.2, 0.25) is 5.91 Å². The Bertz CT molecular complexity index is 406. The van der Waals surface area contributed by atoms with E-state index in [0.717, 1.165) is 0 Å². The van der Waals surface area contributed by atoms with Crippen LogP contribution in [0, 0.1) is 5.92 Å². The van der Waals surface area contributed by atoms with E-state index in [-0.39, 0.29) is 31.0 Å². The van der Waals surface area contributed by atoms with Crippen molar-refractivity contribution in [3.8, 4) is 0 Å².